The molecule has 0 aliphatic heterocycles. The second kappa shape index (κ2) is 5.34. The minimum absolute atomic E-state index is 0. The Kier molecular flexibility index (Phi) is 3.99. The van der Waals surface area contributed by atoms with E-state index in [4.69, 9.17) is 0 Å². The maximum atomic E-state index is 3.89. The fourth-order valence-corrected chi connectivity index (χ4v) is 2.46. The Morgan fingerprint density at radius 3 is 2.33 bits per heavy atom. The van der Waals surface area contributed by atoms with E-state index in [0.717, 1.165) is 10.8 Å². The van der Waals surface area contributed by atoms with E-state index >= 15 is 0 Å². The molecule has 0 heterocycles. The van der Waals surface area contributed by atoms with Crippen LogP contribution in [0.15, 0.2) is 43.0 Å². The third-order valence-electron chi connectivity index (χ3n) is 3.25. The SMILES string of the molecule is C=Cc1[c-]/c(=C/C)c2cccc3cccc1c32.[Y]. The third-order valence-corrected chi connectivity index (χ3v) is 3.25. The molecule has 0 N–H and O–H groups in total. The molecule has 3 aromatic carbocycles. The molecule has 0 unspecified atom stereocenters. The summed E-state index contributed by atoms with van der Waals surface area (Å²) in [6.07, 6.45) is 3.99. The first-order valence-corrected chi connectivity index (χ1v) is 5.80. The zero-order valence-corrected chi connectivity index (χ0v) is 13.2. The predicted octanol–water partition coefficient (Wildman–Crippen LogP) is 3.95. The van der Waals surface area contributed by atoms with Crippen LogP contribution in [0.3, 0.4) is 0 Å². The largest absolute Gasteiger partial charge is 0.143 e. The minimum atomic E-state index is 0. The Balaban J connectivity index is 0.00000120. The van der Waals surface area contributed by atoms with Crippen LogP contribution in [0.1, 0.15) is 12.5 Å². The molecular formula is C17H13Y-. The fraction of sp³-hybridized carbons (Fsp3) is 0.0588. The minimum Gasteiger partial charge on any atom is -0.143 e. The maximum Gasteiger partial charge on any atom is 0 e. The average Bonchev–Trinajstić information content (AvgIpc) is 2.40. The molecule has 3 aromatic rings. The molecular weight excluding hydrogens is 293 g/mol. The Bertz CT molecular complexity index is 764. The van der Waals surface area contributed by atoms with Crippen molar-refractivity contribution in [1.82, 2.24) is 0 Å². The first-order chi connectivity index (χ1) is 8.35. The predicted molar refractivity (Wildman–Crippen MR) is 75.7 cm³/mol. The molecule has 0 fully saturated rings. The summed E-state index contributed by atoms with van der Waals surface area (Å²) in [5, 5.41) is 6.26. The van der Waals surface area contributed by atoms with E-state index in [1.807, 2.05) is 6.08 Å². The summed E-state index contributed by atoms with van der Waals surface area (Å²) in [6, 6.07) is 16.2. The molecule has 3 rings (SSSR count). The second-order valence-corrected chi connectivity index (χ2v) is 4.15. The van der Waals surface area contributed by atoms with Crippen molar-refractivity contribution < 1.29 is 32.7 Å². The van der Waals surface area contributed by atoms with Gasteiger partial charge in [0.25, 0.3) is 0 Å². The summed E-state index contributed by atoms with van der Waals surface area (Å²) in [4.78, 5) is 0. The van der Waals surface area contributed by atoms with E-state index < -0.39 is 0 Å². The van der Waals surface area contributed by atoms with Crippen LogP contribution in [0.2, 0.25) is 0 Å². The molecule has 0 aliphatic rings. The zero-order chi connectivity index (χ0) is 11.8. The van der Waals surface area contributed by atoms with E-state index in [-0.39, 0.29) is 32.7 Å². The van der Waals surface area contributed by atoms with Crippen LogP contribution in [-0.4, -0.2) is 0 Å². The molecule has 0 amide bonds. The molecule has 0 spiro atoms. The fourth-order valence-electron chi connectivity index (χ4n) is 2.46. The van der Waals surface area contributed by atoms with Crippen LogP contribution in [0.4, 0.5) is 0 Å². The van der Waals surface area contributed by atoms with Gasteiger partial charge in [0.05, 0.1) is 0 Å². The van der Waals surface area contributed by atoms with E-state index in [1.54, 1.807) is 0 Å². The van der Waals surface area contributed by atoms with Crippen LogP contribution in [0.5, 0.6) is 0 Å². The van der Waals surface area contributed by atoms with Crippen LogP contribution >= 0.6 is 0 Å². The quantitative estimate of drug-likeness (QED) is 0.597. The number of benzene rings is 3. The van der Waals surface area contributed by atoms with Gasteiger partial charge in [0, 0.05) is 32.7 Å². The first-order valence-electron chi connectivity index (χ1n) is 5.80. The van der Waals surface area contributed by atoms with Crippen molar-refractivity contribution in [2.24, 2.45) is 0 Å². The van der Waals surface area contributed by atoms with E-state index in [2.05, 4.69) is 62.0 Å². The second-order valence-electron chi connectivity index (χ2n) is 4.15. The van der Waals surface area contributed by atoms with Crippen LogP contribution in [0, 0.1) is 6.07 Å². The number of rotatable bonds is 1. The standard InChI is InChI=1S/C17H13.Y/c1-3-12-11-13(4-2)16-10-6-8-14-7-5-9-15(12)17(14)16;/h3-10H,1H2,2H3;/q-1;/b13-4-;. The maximum absolute atomic E-state index is 3.89. The monoisotopic (exact) mass is 306 g/mol. The van der Waals surface area contributed by atoms with E-state index in [1.165, 1.54) is 21.5 Å². The summed E-state index contributed by atoms with van der Waals surface area (Å²) >= 11 is 0. The smallest absolute Gasteiger partial charge is 0 e. The average molecular weight is 306 g/mol. The van der Waals surface area contributed by atoms with Gasteiger partial charge in [-0.15, -0.1) is 35.6 Å². The van der Waals surface area contributed by atoms with Crippen molar-refractivity contribution in [3.8, 4) is 0 Å². The summed E-state index contributed by atoms with van der Waals surface area (Å²) in [6.45, 7) is 5.94. The summed E-state index contributed by atoms with van der Waals surface area (Å²) < 4.78 is 0. The Morgan fingerprint density at radius 2 is 1.72 bits per heavy atom. The van der Waals surface area contributed by atoms with Crippen molar-refractivity contribution >= 4 is 33.7 Å². The molecule has 0 bridgehead atoms. The molecule has 1 heteroatoms. The van der Waals surface area contributed by atoms with Crippen molar-refractivity contribution in [2.45, 2.75) is 6.92 Å². The number of hydrogen-bond acceptors (Lipinski definition) is 0. The summed E-state index contributed by atoms with van der Waals surface area (Å²) in [5.41, 5.74) is 1.09. The van der Waals surface area contributed by atoms with Crippen LogP contribution in [-0.2, 0) is 32.7 Å². The molecule has 0 saturated carbocycles. The number of hydrogen-bond donors (Lipinski definition) is 0. The Hall–Kier alpha value is -0.976. The molecule has 0 nitrogen and oxygen atoms in total. The van der Waals surface area contributed by atoms with Crippen molar-refractivity contribution in [1.29, 1.82) is 0 Å². The van der Waals surface area contributed by atoms with Gasteiger partial charge in [-0.25, -0.2) is 0 Å². The molecule has 18 heavy (non-hydrogen) atoms. The molecule has 0 aliphatic carbocycles. The van der Waals surface area contributed by atoms with Gasteiger partial charge >= 0.3 is 0 Å². The van der Waals surface area contributed by atoms with Gasteiger partial charge in [-0.05, 0) is 5.39 Å². The Morgan fingerprint density at radius 1 is 1.06 bits per heavy atom. The molecule has 0 atom stereocenters. The molecule has 0 aromatic heterocycles. The van der Waals surface area contributed by atoms with Gasteiger partial charge in [0.1, 0.15) is 0 Å². The van der Waals surface area contributed by atoms with Gasteiger partial charge in [-0.2, -0.15) is 0 Å². The van der Waals surface area contributed by atoms with Crippen molar-refractivity contribution in [2.75, 3.05) is 0 Å². The first kappa shape index (κ1) is 13.5. The van der Waals surface area contributed by atoms with E-state index in [9.17, 15) is 0 Å². The summed E-state index contributed by atoms with van der Waals surface area (Å²) in [7, 11) is 0. The van der Waals surface area contributed by atoms with Crippen LogP contribution in [0.25, 0.3) is 33.7 Å². The van der Waals surface area contributed by atoms with Gasteiger partial charge in [-0.1, -0.05) is 59.5 Å². The molecule has 85 valence electrons. The molecule has 0 saturated heterocycles. The van der Waals surface area contributed by atoms with Crippen LogP contribution < -0.4 is 5.22 Å². The van der Waals surface area contributed by atoms with Gasteiger partial charge < -0.3 is 0 Å². The van der Waals surface area contributed by atoms with Gasteiger partial charge in [-0.3, -0.25) is 0 Å². The normalized spacial score (nSPS) is 11.7. The topological polar surface area (TPSA) is 0 Å². The summed E-state index contributed by atoms with van der Waals surface area (Å²) in [5.74, 6) is 0. The van der Waals surface area contributed by atoms with Crippen molar-refractivity contribution in [3.63, 3.8) is 0 Å². The van der Waals surface area contributed by atoms with Crippen molar-refractivity contribution in [3.05, 3.63) is 59.8 Å². The van der Waals surface area contributed by atoms with Gasteiger partial charge in [0.15, 0.2) is 0 Å². The zero-order valence-electron chi connectivity index (χ0n) is 10.4. The molecule has 1 radical (unpaired) electrons. The van der Waals surface area contributed by atoms with E-state index in [0.29, 0.717) is 0 Å². The van der Waals surface area contributed by atoms with Gasteiger partial charge in [0.2, 0.25) is 0 Å². The Labute approximate surface area is 132 Å². The third kappa shape index (κ3) is 1.94.